The number of Topliss-reactive ketones (excluding diaryl/α,β-unsaturated/α-hetero) is 1. The van der Waals surface area contributed by atoms with Crippen molar-refractivity contribution in [2.24, 2.45) is 5.41 Å². The average Bonchev–Trinajstić information content (AvgIpc) is 3.09. The molecule has 0 bridgehead atoms. The molecule has 5 heteroatoms. The Bertz CT molecular complexity index is 572. The van der Waals surface area contributed by atoms with Crippen molar-refractivity contribution in [1.29, 1.82) is 0 Å². The molecule has 1 saturated heterocycles. The molecule has 1 atom stereocenters. The van der Waals surface area contributed by atoms with Crippen LogP contribution in [0.2, 0.25) is 0 Å². The van der Waals surface area contributed by atoms with Crippen LogP contribution in [0.5, 0.6) is 0 Å². The van der Waals surface area contributed by atoms with E-state index in [1.54, 1.807) is 11.1 Å². The summed E-state index contributed by atoms with van der Waals surface area (Å²) in [5.41, 5.74) is 0.616. The van der Waals surface area contributed by atoms with Gasteiger partial charge in [0.1, 0.15) is 0 Å². The van der Waals surface area contributed by atoms with E-state index in [-0.39, 0.29) is 17.7 Å². The standard InChI is InChI=1S/C20H30N2O3/c1-4-20(2,3)18(23)19(24)22-12-6-10-17(22)15-25-13-7-9-16-8-5-11-21-14-16/h5,8,11,14,17H,4,6-7,9-10,12-13,15H2,1-3H3/t17-/m0/s1. The van der Waals surface area contributed by atoms with Gasteiger partial charge in [-0.15, -0.1) is 0 Å². The molecular formula is C20H30N2O3. The van der Waals surface area contributed by atoms with Gasteiger partial charge in [0.25, 0.3) is 5.91 Å². The molecule has 1 aromatic rings. The highest BCUT2D eigenvalue weighted by Gasteiger charge is 2.38. The molecule has 0 aliphatic carbocycles. The molecule has 1 fully saturated rings. The molecule has 2 rings (SSSR count). The third kappa shape index (κ3) is 5.36. The number of hydrogen-bond donors (Lipinski definition) is 0. The molecule has 25 heavy (non-hydrogen) atoms. The molecule has 0 aromatic carbocycles. The summed E-state index contributed by atoms with van der Waals surface area (Å²) in [6.45, 7) is 7.45. The second-order valence-corrected chi connectivity index (χ2v) is 7.40. The number of ether oxygens (including phenoxy) is 1. The number of rotatable bonds is 9. The topological polar surface area (TPSA) is 59.5 Å². The lowest BCUT2D eigenvalue weighted by molar-refractivity contribution is -0.150. The van der Waals surface area contributed by atoms with Crippen LogP contribution in [0.3, 0.4) is 0 Å². The summed E-state index contributed by atoms with van der Waals surface area (Å²) in [4.78, 5) is 30.8. The number of pyridine rings is 1. The summed E-state index contributed by atoms with van der Waals surface area (Å²) in [6.07, 6.45) is 8.02. The number of aryl methyl sites for hydroxylation is 1. The van der Waals surface area contributed by atoms with Crippen LogP contribution < -0.4 is 0 Å². The number of likely N-dealkylation sites (tertiary alicyclic amines) is 1. The number of ketones is 1. The van der Waals surface area contributed by atoms with E-state index < -0.39 is 5.41 Å². The van der Waals surface area contributed by atoms with Crippen LogP contribution in [0.4, 0.5) is 0 Å². The number of nitrogens with zero attached hydrogens (tertiary/aromatic N) is 2. The molecule has 0 radical (unpaired) electrons. The normalized spacial score (nSPS) is 17.7. The molecule has 5 nitrogen and oxygen atoms in total. The monoisotopic (exact) mass is 346 g/mol. The number of carbonyl (C=O) groups is 2. The lowest BCUT2D eigenvalue weighted by atomic mass is 9.84. The Morgan fingerprint density at radius 2 is 2.20 bits per heavy atom. The predicted molar refractivity (Wildman–Crippen MR) is 97.2 cm³/mol. The summed E-state index contributed by atoms with van der Waals surface area (Å²) in [6, 6.07) is 4.03. The van der Waals surface area contributed by atoms with Crippen molar-refractivity contribution in [3.8, 4) is 0 Å². The van der Waals surface area contributed by atoms with Crippen molar-refractivity contribution in [2.75, 3.05) is 19.8 Å². The van der Waals surface area contributed by atoms with E-state index in [0.717, 1.165) is 25.7 Å². The van der Waals surface area contributed by atoms with E-state index in [2.05, 4.69) is 11.1 Å². The molecule has 0 N–H and O–H groups in total. The van der Waals surface area contributed by atoms with Gasteiger partial charge < -0.3 is 9.64 Å². The van der Waals surface area contributed by atoms with Crippen molar-refractivity contribution in [3.63, 3.8) is 0 Å². The molecule has 1 aromatic heterocycles. The van der Waals surface area contributed by atoms with Crippen LogP contribution in [0.1, 0.15) is 52.0 Å². The van der Waals surface area contributed by atoms with E-state index in [1.165, 1.54) is 5.56 Å². The van der Waals surface area contributed by atoms with Crippen molar-refractivity contribution in [3.05, 3.63) is 30.1 Å². The van der Waals surface area contributed by atoms with E-state index in [4.69, 9.17) is 4.74 Å². The number of amides is 1. The zero-order valence-electron chi connectivity index (χ0n) is 15.7. The van der Waals surface area contributed by atoms with Gasteiger partial charge in [0.05, 0.1) is 12.6 Å². The van der Waals surface area contributed by atoms with Crippen LogP contribution >= 0.6 is 0 Å². The van der Waals surface area contributed by atoms with Crippen LogP contribution in [-0.4, -0.2) is 47.4 Å². The number of aromatic nitrogens is 1. The van der Waals surface area contributed by atoms with Gasteiger partial charge in [-0.1, -0.05) is 26.8 Å². The zero-order chi connectivity index (χ0) is 18.3. The Morgan fingerprint density at radius 3 is 2.88 bits per heavy atom. The van der Waals surface area contributed by atoms with E-state index in [9.17, 15) is 9.59 Å². The minimum Gasteiger partial charge on any atom is -0.379 e. The first-order chi connectivity index (χ1) is 12.0. The molecule has 0 saturated carbocycles. The summed E-state index contributed by atoms with van der Waals surface area (Å²) >= 11 is 0. The molecule has 1 aliphatic rings. The molecular weight excluding hydrogens is 316 g/mol. The van der Waals surface area contributed by atoms with Gasteiger partial charge in [-0.2, -0.15) is 0 Å². The molecule has 1 amide bonds. The average molecular weight is 346 g/mol. The Balaban J connectivity index is 1.75. The first-order valence-corrected chi connectivity index (χ1v) is 9.27. The molecule has 1 aliphatic heterocycles. The van der Waals surface area contributed by atoms with Crippen LogP contribution in [0, 0.1) is 5.41 Å². The summed E-state index contributed by atoms with van der Waals surface area (Å²) in [5.74, 6) is -0.619. The molecule has 0 unspecified atom stereocenters. The minimum atomic E-state index is -0.588. The molecule has 2 heterocycles. The summed E-state index contributed by atoms with van der Waals surface area (Å²) in [5, 5.41) is 0. The second-order valence-electron chi connectivity index (χ2n) is 7.40. The highest BCUT2D eigenvalue weighted by molar-refractivity contribution is 6.38. The maximum atomic E-state index is 12.5. The highest BCUT2D eigenvalue weighted by Crippen LogP contribution is 2.25. The van der Waals surface area contributed by atoms with E-state index in [0.29, 0.717) is 26.2 Å². The van der Waals surface area contributed by atoms with Gasteiger partial charge >= 0.3 is 0 Å². The fourth-order valence-corrected chi connectivity index (χ4v) is 3.00. The molecule has 138 valence electrons. The van der Waals surface area contributed by atoms with Gasteiger partial charge in [0, 0.05) is 31.0 Å². The van der Waals surface area contributed by atoms with E-state index >= 15 is 0 Å². The number of carbonyl (C=O) groups excluding carboxylic acids is 2. The Kier molecular flexibility index (Phi) is 7.12. The van der Waals surface area contributed by atoms with Gasteiger partial charge in [0.2, 0.25) is 5.78 Å². The van der Waals surface area contributed by atoms with Crippen molar-refractivity contribution in [1.82, 2.24) is 9.88 Å². The van der Waals surface area contributed by atoms with Gasteiger partial charge in [-0.05, 0) is 43.7 Å². The van der Waals surface area contributed by atoms with Gasteiger partial charge in [0.15, 0.2) is 0 Å². The van der Waals surface area contributed by atoms with Crippen LogP contribution in [-0.2, 0) is 20.7 Å². The van der Waals surface area contributed by atoms with Crippen molar-refractivity contribution in [2.45, 2.75) is 58.9 Å². The quantitative estimate of drug-likeness (QED) is 0.509. The fourth-order valence-electron chi connectivity index (χ4n) is 3.00. The maximum absolute atomic E-state index is 12.5. The Labute approximate surface area is 150 Å². The summed E-state index contributed by atoms with van der Waals surface area (Å²) < 4.78 is 5.79. The minimum absolute atomic E-state index is 0.0301. The van der Waals surface area contributed by atoms with Gasteiger partial charge in [-0.3, -0.25) is 14.6 Å². The predicted octanol–water partition coefficient (Wildman–Crippen LogP) is 3.03. The second kappa shape index (κ2) is 9.09. The summed E-state index contributed by atoms with van der Waals surface area (Å²) in [7, 11) is 0. The van der Waals surface area contributed by atoms with Crippen LogP contribution in [0.25, 0.3) is 0 Å². The van der Waals surface area contributed by atoms with Gasteiger partial charge in [-0.25, -0.2) is 0 Å². The van der Waals surface area contributed by atoms with Crippen LogP contribution in [0.15, 0.2) is 24.5 Å². The number of hydrogen-bond acceptors (Lipinski definition) is 4. The third-order valence-corrected chi connectivity index (χ3v) is 5.12. The smallest absolute Gasteiger partial charge is 0.290 e. The Hall–Kier alpha value is -1.75. The highest BCUT2D eigenvalue weighted by atomic mass is 16.5. The third-order valence-electron chi connectivity index (χ3n) is 5.12. The first-order valence-electron chi connectivity index (χ1n) is 9.27. The lowest BCUT2D eigenvalue weighted by Crippen LogP contribution is -2.46. The fraction of sp³-hybridized carbons (Fsp3) is 0.650. The van der Waals surface area contributed by atoms with Crippen molar-refractivity contribution < 1.29 is 14.3 Å². The first kappa shape index (κ1) is 19.6. The van der Waals surface area contributed by atoms with E-state index in [1.807, 2.05) is 33.0 Å². The largest absolute Gasteiger partial charge is 0.379 e. The SMILES string of the molecule is CCC(C)(C)C(=O)C(=O)N1CCC[C@H]1COCCCc1cccnc1. The maximum Gasteiger partial charge on any atom is 0.290 e. The lowest BCUT2D eigenvalue weighted by Gasteiger charge is -2.28. The zero-order valence-corrected chi connectivity index (χ0v) is 15.7. The van der Waals surface area contributed by atoms with Crippen molar-refractivity contribution >= 4 is 11.7 Å². The Morgan fingerprint density at radius 1 is 1.40 bits per heavy atom. The molecule has 0 spiro atoms.